The molecular formula is C18H18N6O4. The number of hydrogen-bond donors (Lipinski definition) is 0. The van der Waals surface area contributed by atoms with Gasteiger partial charge in [0, 0.05) is 26.2 Å². The third-order valence-electron chi connectivity index (χ3n) is 4.46. The molecule has 10 nitrogen and oxygen atoms in total. The van der Waals surface area contributed by atoms with Crippen LogP contribution in [-0.4, -0.2) is 74.6 Å². The molecule has 0 spiro atoms. The Balaban J connectivity index is 1.25. The summed E-state index contributed by atoms with van der Waals surface area (Å²) in [6.07, 6.45) is 2.97. The van der Waals surface area contributed by atoms with E-state index < -0.39 is 0 Å². The van der Waals surface area contributed by atoms with Gasteiger partial charge in [-0.05, 0) is 46.8 Å². The van der Waals surface area contributed by atoms with Gasteiger partial charge >= 0.3 is 0 Å². The zero-order valence-electron chi connectivity index (χ0n) is 15.0. The summed E-state index contributed by atoms with van der Waals surface area (Å²) in [4.78, 5) is 28.0. The van der Waals surface area contributed by atoms with Crippen molar-refractivity contribution in [1.82, 2.24) is 30.0 Å². The van der Waals surface area contributed by atoms with Crippen LogP contribution in [0.4, 0.5) is 0 Å². The SMILES string of the molecule is O=C(COc1ccc(-n2cnnn2)cc1)N1CCN(C(=O)c2ccco2)CC1. The smallest absolute Gasteiger partial charge is 0.289 e. The Morgan fingerprint density at radius 2 is 1.79 bits per heavy atom. The van der Waals surface area contributed by atoms with Crippen LogP contribution in [0.1, 0.15) is 10.6 Å². The van der Waals surface area contributed by atoms with Gasteiger partial charge in [-0.25, -0.2) is 4.68 Å². The summed E-state index contributed by atoms with van der Waals surface area (Å²) in [5.74, 6) is 0.621. The molecule has 2 aromatic heterocycles. The first-order chi connectivity index (χ1) is 13.7. The van der Waals surface area contributed by atoms with Crippen molar-refractivity contribution in [2.24, 2.45) is 0 Å². The molecule has 3 aromatic rings. The highest BCUT2D eigenvalue weighted by atomic mass is 16.5. The molecular weight excluding hydrogens is 364 g/mol. The molecule has 144 valence electrons. The number of aromatic nitrogens is 4. The topological polar surface area (TPSA) is 107 Å². The second kappa shape index (κ2) is 7.91. The Hall–Kier alpha value is -3.69. The lowest BCUT2D eigenvalue weighted by molar-refractivity contribution is -0.134. The molecule has 2 amide bonds. The fourth-order valence-corrected chi connectivity index (χ4v) is 2.93. The Bertz CT molecular complexity index is 916. The summed E-state index contributed by atoms with van der Waals surface area (Å²) >= 11 is 0. The van der Waals surface area contributed by atoms with Crippen LogP contribution in [0.25, 0.3) is 5.69 Å². The number of ether oxygens (including phenoxy) is 1. The van der Waals surface area contributed by atoms with Crippen LogP contribution < -0.4 is 4.74 Å². The Kier molecular flexibility index (Phi) is 5.00. The summed E-state index contributed by atoms with van der Waals surface area (Å²) in [6.45, 7) is 1.80. The first-order valence-corrected chi connectivity index (χ1v) is 8.77. The largest absolute Gasteiger partial charge is 0.484 e. The molecule has 4 rings (SSSR count). The van der Waals surface area contributed by atoms with Crippen LogP contribution in [-0.2, 0) is 4.79 Å². The van der Waals surface area contributed by atoms with E-state index in [0.29, 0.717) is 37.7 Å². The monoisotopic (exact) mass is 382 g/mol. The van der Waals surface area contributed by atoms with E-state index in [4.69, 9.17) is 9.15 Å². The summed E-state index contributed by atoms with van der Waals surface area (Å²) in [5, 5.41) is 11.0. The number of benzene rings is 1. The molecule has 0 radical (unpaired) electrons. The standard InChI is InChI=1S/C18H18N6O4/c25-17(12-28-15-5-3-14(4-6-15)24-13-19-20-21-24)22-7-9-23(10-8-22)18(26)16-2-1-11-27-16/h1-6,11,13H,7-10,12H2. The molecule has 1 aliphatic heterocycles. The van der Waals surface area contributed by atoms with Gasteiger partial charge in [0.05, 0.1) is 12.0 Å². The normalized spacial score (nSPS) is 14.1. The quantitative estimate of drug-likeness (QED) is 0.637. The summed E-state index contributed by atoms with van der Waals surface area (Å²) in [6, 6.07) is 10.4. The number of hydrogen-bond acceptors (Lipinski definition) is 7. The van der Waals surface area contributed by atoms with Gasteiger partial charge in [-0.1, -0.05) is 0 Å². The molecule has 1 saturated heterocycles. The molecule has 28 heavy (non-hydrogen) atoms. The molecule has 0 aliphatic carbocycles. The lowest BCUT2D eigenvalue weighted by Crippen LogP contribution is -2.51. The van der Waals surface area contributed by atoms with Gasteiger partial charge in [0.2, 0.25) is 0 Å². The van der Waals surface area contributed by atoms with Crippen molar-refractivity contribution in [2.45, 2.75) is 0 Å². The average molecular weight is 382 g/mol. The zero-order chi connectivity index (χ0) is 19.3. The molecule has 1 fully saturated rings. The predicted molar refractivity (Wildman–Crippen MR) is 95.8 cm³/mol. The number of nitrogens with zero attached hydrogens (tertiary/aromatic N) is 6. The Labute approximate surface area is 160 Å². The number of furan rings is 1. The fraction of sp³-hybridized carbons (Fsp3) is 0.278. The van der Waals surface area contributed by atoms with E-state index in [-0.39, 0.29) is 18.4 Å². The van der Waals surface area contributed by atoms with Crippen LogP contribution in [0.15, 0.2) is 53.4 Å². The van der Waals surface area contributed by atoms with Crippen LogP contribution in [0.5, 0.6) is 5.75 Å². The lowest BCUT2D eigenvalue weighted by atomic mass is 10.3. The highest BCUT2D eigenvalue weighted by Crippen LogP contribution is 2.15. The molecule has 1 aliphatic rings. The number of piperazine rings is 1. The van der Waals surface area contributed by atoms with Crippen LogP contribution in [0.3, 0.4) is 0 Å². The van der Waals surface area contributed by atoms with Crippen LogP contribution in [0, 0.1) is 0 Å². The highest BCUT2D eigenvalue weighted by Gasteiger charge is 2.26. The maximum Gasteiger partial charge on any atom is 0.289 e. The summed E-state index contributed by atoms with van der Waals surface area (Å²) < 4.78 is 12.2. The fourth-order valence-electron chi connectivity index (χ4n) is 2.93. The first kappa shape index (κ1) is 17.7. The average Bonchev–Trinajstić information content (AvgIpc) is 3.46. The van der Waals surface area contributed by atoms with E-state index in [2.05, 4.69) is 15.5 Å². The second-order valence-corrected chi connectivity index (χ2v) is 6.19. The molecule has 3 heterocycles. The van der Waals surface area contributed by atoms with Crippen molar-refractivity contribution < 1.29 is 18.7 Å². The number of rotatable bonds is 5. The minimum atomic E-state index is -0.156. The third-order valence-corrected chi connectivity index (χ3v) is 4.46. The maximum absolute atomic E-state index is 12.4. The number of carbonyl (C=O) groups excluding carboxylic acids is 2. The molecule has 0 unspecified atom stereocenters. The van der Waals surface area contributed by atoms with E-state index in [1.165, 1.54) is 17.3 Å². The minimum absolute atomic E-state index is 0.0592. The molecule has 10 heteroatoms. The van der Waals surface area contributed by atoms with Crippen molar-refractivity contribution >= 4 is 11.8 Å². The number of amides is 2. The summed E-state index contributed by atoms with van der Waals surface area (Å²) in [7, 11) is 0. The highest BCUT2D eigenvalue weighted by molar-refractivity contribution is 5.91. The van der Waals surface area contributed by atoms with E-state index in [1.54, 1.807) is 46.2 Å². The molecule has 0 atom stereocenters. The molecule has 0 N–H and O–H groups in total. The van der Waals surface area contributed by atoms with Crippen LogP contribution >= 0.6 is 0 Å². The van der Waals surface area contributed by atoms with Crippen molar-refractivity contribution in [1.29, 1.82) is 0 Å². The van der Waals surface area contributed by atoms with Gasteiger partial charge in [-0.2, -0.15) is 0 Å². The van der Waals surface area contributed by atoms with Gasteiger partial charge in [0.25, 0.3) is 11.8 Å². The molecule has 0 bridgehead atoms. The van der Waals surface area contributed by atoms with Gasteiger partial charge in [-0.15, -0.1) is 5.10 Å². The van der Waals surface area contributed by atoms with Gasteiger partial charge < -0.3 is 19.0 Å². The van der Waals surface area contributed by atoms with Gasteiger partial charge in [-0.3, -0.25) is 9.59 Å². The van der Waals surface area contributed by atoms with Gasteiger partial charge in [0.1, 0.15) is 12.1 Å². The van der Waals surface area contributed by atoms with E-state index in [0.717, 1.165) is 5.69 Å². The van der Waals surface area contributed by atoms with E-state index in [9.17, 15) is 9.59 Å². The summed E-state index contributed by atoms with van der Waals surface area (Å²) in [5.41, 5.74) is 0.793. The van der Waals surface area contributed by atoms with Gasteiger partial charge in [0.15, 0.2) is 12.4 Å². The third kappa shape index (κ3) is 3.85. The number of carbonyl (C=O) groups is 2. The zero-order valence-corrected chi connectivity index (χ0v) is 15.0. The first-order valence-electron chi connectivity index (χ1n) is 8.77. The second-order valence-electron chi connectivity index (χ2n) is 6.19. The minimum Gasteiger partial charge on any atom is -0.484 e. The lowest BCUT2D eigenvalue weighted by Gasteiger charge is -2.34. The predicted octanol–water partition coefficient (Wildman–Crippen LogP) is 0.619. The van der Waals surface area contributed by atoms with Crippen molar-refractivity contribution in [3.63, 3.8) is 0 Å². The molecule has 1 aromatic carbocycles. The Morgan fingerprint density at radius 3 is 2.43 bits per heavy atom. The van der Waals surface area contributed by atoms with Crippen molar-refractivity contribution in [2.75, 3.05) is 32.8 Å². The van der Waals surface area contributed by atoms with Crippen molar-refractivity contribution in [3.05, 3.63) is 54.7 Å². The van der Waals surface area contributed by atoms with E-state index in [1.807, 2.05) is 0 Å². The van der Waals surface area contributed by atoms with E-state index >= 15 is 0 Å². The molecule has 0 saturated carbocycles. The number of tetrazole rings is 1. The van der Waals surface area contributed by atoms with Crippen LogP contribution in [0.2, 0.25) is 0 Å². The van der Waals surface area contributed by atoms with Crippen molar-refractivity contribution in [3.8, 4) is 11.4 Å². The maximum atomic E-state index is 12.4. The Morgan fingerprint density at radius 1 is 1.04 bits per heavy atom.